The van der Waals surface area contributed by atoms with Crippen molar-refractivity contribution >= 4 is 0 Å². The summed E-state index contributed by atoms with van der Waals surface area (Å²) in [6.07, 6.45) is 6.85. The van der Waals surface area contributed by atoms with Gasteiger partial charge in [-0.25, -0.2) is 4.79 Å². The predicted octanol–water partition coefficient (Wildman–Crippen LogP) is 2.43. The third kappa shape index (κ3) is 2.91. The fourth-order valence-corrected chi connectivity index (χ4v) is 6.85. The Morgan fingerprint density at radius 3 is 2.69 bits per heavy atom. The van der Waals surface area contributed by atoms with Crippen molar-refractivity contribution in [3.05, 3.63) is 61.9 Å². The SMILES string of the molecule is Cn1cc(C#C[C@]2(O)CC[C@H]3[C@@H]4CCc5cc(O)ccc5[C@H]4CC[C@@]32C)c(=O)n(C)c1=O. The molecule has 0 saturated heterocycles. The Kier molecular flexibility index (Phi) is 4.69. The number of phenols is 1. The number of aliphatic hydroxyl groups is 1. The zero-order valence-electron chi connectivity index (χ0n) is 18.9. The van der Waals surface area contributed by atoms with Crippen molar-refractivity contribution in [2.75, 3.05) is 0 Å². The minimum Gasteiger partial charge on any atom is -0.508 e. The second-order valence-corrected chi connectivity index (χ2v) is 10.2. The molecule has 2 aromatic rings. The molecule has 5 rings (SSSR count). The van der Waals surface area contributed by atoms with Crippen LogP contribution in [0.1, 0.15) is 61.6 Å². The Morgan fingerprint density at radius 2 is 1.91 bits per heavy atom. The Hall–Kier alpha value is -2.78. The van der Waals surface area contributed by atoms with E-state index in [4.69, 9.17) is 0 Å². The minimum atomic E-state index is -1.16. The molecule has 3 aliphatic rings. The van der Waals surface area contributed by atoms with Crippen LogP contribution in [-0.4, -0.2) is 24.9 Å². The van der Waals surface area contributed by atoms with Gasteiger partial charge in [-0.1, -0.05) is 24.8 Å². The summed E-state index contributed by atoms with van der Waals surface area (Å²) >= 11 is 0. The fraction of sp³-hybridized carbons (Fsp3) is 0.538. The average Bonchev–Trinajstić information content (AvgIpc) is 3.04. The zero-order chi connectivity index (χ0) is 22.8. The Balaban J connectivity index is 1.49. The number of fused-ring (bicyclic) bond motifs is 5. The normalized spacial score (nSPS) is 32.9. The van der Waals surface area contributed by atoms with Gasteiger partial charge in [0, 0.05) is 25.7 Å². The van der Waals surface area contributed by atoms with E-state index in [0.717, 1.165) is 36.7 Å². The number of aromatic nitrogens is 2. The van der Waals surface area contributed by atoms with Crippen LogP contribution in [0.2, 0.25) is 0 Å². The molecule has 6 nitrogen and oxygen atoms in total. The summed E-state index contributed by atoms with van der Waals surface area (Å²) in [6.45, 7) is 2.17. The molecule has 1 heterocycles. The molecule has 5 atom stereocenters. The summed E-state index contributed by atoms with van der Waals surface area (Å²) in [7, 11) is 3.04. The van der Waals surface area contributed by atoms with Crippen molar-refractivity contribution in [1.29, 1.82) is 0 Å². The van der Waals surface area contributed by atoms with Crippen LogP contribution in [0.15, 0.2) is 34.0 Å². The first kappa shape index (κ1) is 21.1. The summed E-state index contributed by atoms with van der Waals surface area (Å²) in [5.41, 5.74) is 0.537. The number of rotatable bonds is 0. The average molecular weight is 435 g/mol. The Bertz CT molecular complexity index is 1280. The van der Waals surface area contributed by atoms with Crippen LogP contribution in [0, 0.1) is 29.1 Å². The van der Waals surface area contributed by atoms with Crippen molar-refractivity contribution in [1.82, 2.24) is 9.13 Å². The molecule has 2 saturated carbocycles. The quantitative estimate of drug-likeness (QED) is 0.624. The first-order chi connectivity index (χ1) is 15.1. The molecular weight excluding hydrogens is 404 g/mol. The number of nitrogens with zero attached hydrogens (tertiary/aromatic N) is 2. The van der Waals surface area contributed by atoms with Crippen molar-refractivity contribution in [2.45, 2.75) is 57.0 Å². The van der Waals surface area contributed by atoms with Crippen LogP contribution in [0.4, 0.5) is 0 Å². The number of phenolic OH excluding ortho intramolecular Hbond substituents is 1. The van der Waals surface area contributed by atoms with E-state index in [1.807, 2.05) is 6.07 Å². The van der Waals surface area contributed by atoms with Gasteiger partial charge >= 0.3 is 5.69 Å². The van der Waals surface area contributed by atoms with Crippen LogP contribution in [0.5, 0.6) is 5.75 Å². The maximum absolute atomic E-state index is 12.5. The maximum atomic E-state index is 12.5. The topological polar surface area (TPSA) is 84.5 Å². The highest BCUT2D eigenvalue weighted by atomic mass is 16.3. The number of aryl methyl sites for hydroxylation is 2. The molecule has 0 amide bonds. The van der Waals surface area contributed by atoms with Crippen molar-refractivity contribution in [3.8, 4) is 17.6 Å². The van der Waals surface area contributed by atoms with Crippen LogP contribution < -0.4 is 11.2 Å². The number of hydrogen-bond acceptors (Lipinski definition) is 4. The molecule has 0 radical (unpaired) electrons. The minimum absolute atomic E-state index is 0.232. The van der Waals surface area contributed by atoms with Gasteiger partial charge in [0.15, 0.2) is 0 Å². The van der Waals surface area contributed by atoms with E-state index in [9.17, 15) is 19.8 Å². The number of hydrogen-bond donors (Lipinski definition) is 2. The Labute approximate surface area is 187 Å². The lowest BCUT2D eigenvalue weighted by Crippen LogP contribution is -2.50. The van der Waals surface area contributed by atoms with E-state index in [0.29, 0.717) is 29.9 Å². The third-order valence-corrected chi connectivity index (χ3v) is 8.71. The van der Waals surface area contributed by atoms with Gasteiger partial charge in [-0.15, -0.1) is 0 Å². The lowest BCUT2D eigenvalue weighted by atomic mass is 9.53. The smallest absolute Gasteiger partial charge is 0.330 e. The molecule has 3 aliphatic carbocycles. The van der Waals surface area contributed by atoms with Crippen LogP contribution in [0.3, 0.4) is 0 Å². The predicted molar refractivity (Wildman–Crippen MR) is 121 cm³/mol. The molecule has 32 heavy (non-hydrogen) atoms. The highest BCUT2D eigenvalue weighted by molar-refractivity contribution is 5.41. The summed E-state index contributed by atoms with van der Waals surface area (Å²) in [6, 6.07) is 5.78. The van der Waals surface area contributed by atoms with Crippen molar-refractivity contribution < 1.29 is 10.2 Å². The molecule has 0 unspecified atom stereocenters. The van der Waals surface area contributed by atoms with Crippen molar-refractivity contribution in [3.63, 3.8) is 0 Å². The molecule has 6 heteroatoms. The summed E-state index contributed by atoms with van der Waals surface area (Å²) in [5, 5.41) is 21.6. The van der Waals surface area contributed by atoms with Crippen molar-refractivity contribution in [2.24, 2.45) is 31.3 Å². The van der Waals surface area contributed by atoms with E-state index in [1.165, 1.54) is 28.9 Å². The molecule has 168 valence electrons. The van der Waals surface area contributed by atoms with Gasteiger partial charge in [-0.05, 0) is 79.5 Å². The summed E-state index contributed by atoms with van der Waals surface area (Å²) in [5.74, 6) is 7.68. The summed E-state index contributed by atoms with van der Waals surface area (Å²) < 4.78 is 2.40. The van der Waals surface area contributed by atoms with E-state index < -0.39 is 16.9 Å². The van der Waals surface area contributed by atoms with Crippen LogP contribution in [-0.2, 0) is 20.5 Å². The second-order valence-electron chi connectivity index (χ2n) is 10.2. The lowest BCUT2D eigenvalue weighted by Gasteiger charge is -2.52. The van der Waals surface area contributed by atoms with E-state index in [-0.39, 0.29) is 11.0 Å². The second kappa shape index (κ2) is 7.11. The van der Waals surface area contributed by atoms with Crippen LogP contribution in [0.25, 0.3) is 0 Å². The number of benzene rings is 1. The van der Waals surface area contributed by atoms with Crippen LogP contribution >= 0.6 is 0 Å². The van der Waals surface area contributed by atoms with Gasteiger partial charge in [0.2, 0.25) is 0 Å². The van der Waals surface area contributed by atoms with E-state index >= 15 is 0 Å². The lowest BCUT2D eigenvalue weighted by molar-refractivity contribution is -0.0647. The fourth-order valence-electron chi connectivity index (χ4n) is 6.85. The number of aromatic hydroxyl groups is 1. The van der Waals surface area contributed by atoms with Gasteiger partial charge in [0.25, 0.3) is 5.56 Å². The summed E-state index contributed by atoms with van der Waals surface area (Å²) in [4.78, 5) is 24.4. The standard InChI is InChI=1S/C26H30N2O4/c1-25-11-9-20-19-7-5-18(29)14-16(19)4-6-21(20)22(25)10-13-26(25,32)12-8-17-15-27(2)24(31)28(3)23(17)30/h5,7,14-15,20-22,29,32H,4,6,9-11,13H2,1-3H3/t20-,21-,22+,25+,26+/m1/s1. The first-order valence-corrected chi connectivity index (χ1v) is 11.5. The maximum Gasteiger partial charge on any atom is 0.330 e. The Morgan fingerprint density at radius 1 is 1.12 bits per heavy atom. The van der Waals surface area contributed by atoms with Gasteiger partial charge in [-0.2, -0.15) is 0 Å². The van der Waals surface area contributed by atoms with E-state index in [1.54, 1.807) is 13.1 Å². The highest BCUT2D eigenvalue weighted by Crippen LogP contribution is 2.64. The first-order valence-electron chi connectivity index (χ1n) is 11.5. The monoisotopic (exact) mass is 434 g/mol. The molecule has 0 spiro atoms. The van der Waals surface area contributed by atoms with Gasteiger partial charge in [0.1, 0.15) is 16.9 Å². The molecule has 2 N–H and O–H groups in total. The van der Waals surface area contributed by atoms with E-state index in [2.05, 4.69) is 24.8 Å². The molecular formula is C26H30N2O4. The molecule has 0 aliphatic heterocycles. The van der Waals surface area contributed by atoms with Gasteiger partial charge in [0.05, 0.1) is 0 Å². The van der Waals surface area contributed by atoms with Gasteiger partial charge < -0.3 is 14.8 Å². The molecule has 0 bridgehead atoms. The molecule has 1 aromatic carbocycles. The highest BCUT2D eigenvalue weighted by Gasteiger charge is 2.61. The van der Waals surface area contributed by atoms with Gasteiger partial charge in [-0.3, -0.25) is 9.36 Å². The molecule has 1 aromatic heterocycles. The third-order valence-electron chi connectivity index (χ3n) is 8.71. The largest absolute Gasteiger partial charge is 0.508 e. The zero-order valence-corrected chi connectivity index (χ0v) is 18.9. The molecule has 2 fully saturated rings.